The first kappa shape index (κ1) is 19.8. The van der Waals surface area contributed by atoms with Crippen molar-refractivity contribution in [3.05, 3.63) is 48.3 Å². The van der Waals surface area contributed by atoms with Gasteiger partial charge in [0.05, 0.1) is 11.7 Å². The molecular formula is C20H29N5OS. The molecule has 2 heterocycles. The van der Waals surface area contributed by atoms with Gasteiger partial charge < -0.3 is 15.4 Å². The predicted molar refractivity (Wildman–Crippen MR) is 113 cm³/mol. The Balaban J connectivity index is 1.62. The van der Waals surface area contributed by atoms with Crippen molar-refractivity contribution in [2.75, 3.05) is 33.1 Å². The van der Waals surface area contributed by atoms with Crippen molar-refractivity contribution in [3.8, 4) is 5.69 Å². The Morgan fingerprint density at radius 2 is 2.19 bits per heavy atom. The second-order valence-corrected chi connectivity index (χ2v) is 8.11. The van der Waals surface area contributed by atoms with Gasteiger partial charge in [-0.1, -0.05) is 12.1 Å². The first-order valence-electron chi connectivity index (χ1n) is 9.36. The number of nitrogens with one attached hydrogen (secondary N) is 2. The fourth-order valence-electron chi connectivity index (χ4n) is 3.28. The molecule has 0 saturated carbocycles. The van der Waals surface area contributed by atoms with E-state index in [1.807, 2.05) is 35.8 Å². The monoisotopic (exact) mass is 387 g/mol. The van der Waals surface area contributed by atoms with Crippen molar-refractivity contribution in [1.29, 1.82) is 0 Å². The van der Waals surface area contributed by atoms with Crippen molar-refractivity contribution >= 4 is 17.7 Å². The van der Waals surface area contributed by atoms with Gasteiger partial charge in [-0.25, -0.2) is 4.68 Å². The van der Waals surface area contributed by atoms with E-state index in [-0.39, 0.29) is 10.8 Å². The number of thioether (sulfide) groups is 1. The van der Waals surface area contributed by atoms with Crippen LogP contribution >= 0.6 is 11.8 Å². The summed E-state index contributed by atoms with van der Waals surface area (Å²) >= 11 is 1.93. The molecule has 6 nitrogen and oxygen atoms in total. The van der Waals surface area contributed by atoms with E-state index in [0.29, 0.717) is 0 Å². The van der Waals surface area contributed by atoms with Crippen molar-refractivity contribution in [1.82, 2.24) is 20.4 Å². The van der Waals surface area contributed by atoms with E-state index in [1.165, 1.54) is 5.56 Å². The summed E-state index contributed by atoms with van der Waals surface area (Å²) in [5.41, 5.74) is 2.24. The van der Waals surface area contributed by atoms with Gasteiger partial charge in [0.1, 0.15) is 0 Å². The molecule has 27 heavy (non-hydrogen) atoms. The normalized spacial score (nSPS) is 18.1. The minimum atomic E-state index is 0.131. The minimum Gasteiger partial charge on any atom is -0.381 e. The zero-order valence-electron chi connectivity index (χ0n) is 16.3. The Morgan fingerprint density at radius 3 is 2.85 bits per heavy atom. The fourth-order valence-corrected chi connectivity index (χ4v) is 4.07. The van der Waals surface area contributed by atoms with E-state index in [0.717, 1.165) is 44.2 Å². The summed E-state index contributed by atoms with van der Waals surface area (Å²) in [7, 11) is 1.82. The average Bonchev–Trinajstić information content (AvgIpc) is 3.26. The van der Waals surface area contributed by atoms with Gasteiger partial charge in [-0.3, -0.25) is 4.99 Å². The lowest BCUT2D eigenvalue weighted by Gasteiger charge is -2.36. The molecule has 0 bridgehead atoms. The van der Waals surface area contributed by atoms with Crippen LogP contribution in [0.1, 0.15) is 31.4 Å². The average molecular weight is 388 g/mol. The van der Waals surface area contributed by atoms with Crippen LogP contribution in [0, 0.1) is 0 Å². The molecule has 1 aromatic heterocycles. The standard InChI is InChI=1S/C20H29N5OS/c1-16(17-6-4-7-18(14-17)25-11-5-10-23-25)24-19(21-2)22-15-20(27-3)8-12-26-13-9-20/h4-7,10-11,14,16H,8-9,12-13,15H2,1-3H3,(H2,21,22,24). The minimum absolute atomic E-state index is 0.131. The van der Waals surface area contributed by atoms with Gasteiger partial charge in [-0.05, 0) is 49.8 Å². The predicted octanol–water partition coefficient (Wildman–Crippen LogP) is 3.01. The molecule has 1 aliphatic rings. The lowest BCUT2D eigenvalue weighted by molar-refractivity contribution is 0.0782. The number of rotatable bonds is 6. The summed E-state index contributed by atoms with van der Waals surface area (Å²) < 4.78 is 7.62. The van der Waals surface area contributed by atoms with Crippen LogP contribution in [0.25, 0.3) is 5.69 Å². The zero-order valence-corrected chi connectivity index (χ0v) is 17.1. The topological polar surface area (TPSA) is 63.5 Å². The number of ether oxygens (including phenoxy) is 1. The van der Waals surface area contributed by atoms with E-state index >= 15 is 0 Å². The third-order valence-electron chi connectivity index (χ3n) is 5.13. The molecule has 0 aliphatic carbocycles. The summed E-state index contributed by atoms with van der Waals surface area (Å²) in [5.74, 6) is 0.826. The molecule has 146 valence electrons. The SMILES string of the molecule is CN=C(NCC1(SC)CCOCC1)NC(C)c1cccc(-n2cccn2)c1. The molecule has 2 aromatic rings. The Labute approximate surface area is 165 Å². The van der Waals surface area contributed by atoms with Crippen molar-refractivity contribution in [2.24, 2.45) is 4.99 Å². The van der Waals surface area contributed by atoms with Gasteiger partial charge in [0, 0.05) is 43.9 Å². The van der Waals surface area contributed by atoms with Crippen LogP contribution in [0.3, 0.4) is 0 Å². The Hall–Kier alpha value is -1.99. The maximum absolute atomic E-state index is 5.53. The molecule has 1 atom stereocenters. The summed E-state index contributed by atoms with van der Waals surface area (Å²) in [6.07, 6.45) is 8.07. The molecule has 1 aliphatic heterocycles. The molecular weight excluding hydrogens is 358 g/mol. The fraction of sp³-hybridized carbons (Fsp3) is 0.500. The van der Waals surface area contributed by atoms with Crippen LogP contribution < -0.4 is 10.6 Å². The second kappa shape index (κ2) is 9.28. The highest BCUT2D eigenvalue weighted by Crippen LogP contribution is 2.33. The van der Waals surface area contributed by atoms with Crippen LogP contribution in [0.15, 0.2) is 47.7 Å². The number of guanidine groups is 1. The lowest BCUT2D eigenvalue weighted by atomic mass is 9.99. The summed E-state index contributed by atoms with van der Waals surface area (Å²) in [6, 6.07) is 10.5. The third kappa shape index (κ3) is 5.05. The first-order chi connectivity index (χ1) is 13.2. The number of hydrogen-bond donors (Lipinski definition) is 2. The first-order valence-corrected chi connectivity index (χ1v) is 10.6. The van der Waals surface area contributed by atoms with Crippen LogP contribution in [0.5, 0.6) is 0 Å². The Bertz CT molecular complexity index is 741. The lowest BCUT2D eigenvalue weighted by Crippen LogP contribution is -2.48. The number of benzene rings is 1. The smallest absolute Gasteiger partial charge is 0.191 e. The summed E-state index contributed by atoms with van der Waals surface area (Å²) in [5, 5.41) is 11.3. The second-order valence-electron chi connectivity index (χ2n) is 6.84. The van der Waals surface area contributed by atoms with Gasteiger partial charge in [-0.2, -0.15) is 16.9 Å². The molecule has 1 fully saturated rings. The number of aliphatic imine (C=N–C) groups is 1. The van der Waals surface area contributed by atoms with E-state index in [9.17, 15) is 0 Å². The van der Waals surface area contributed by atoms with Crippen molar-refractivity contribution in [2.45, 2.75) is 30.6 Å². The van der Waals surface area contributed by atoms with Gasteiger partial charge in [0.25, 0.3) is 0 Å². The Kier molecular flexibility index (Phi) is 6.79. The highest BCUT2D eigenvalue weighted by atomic mass is 32.2. The molecule has 0 spiro atoms. The summed E-state index contributed by atoms with van der Waals surface area (Å²) in [6.45, 7) is 4.71. The number of nitrogens with zero attached hydrogens (tertiary/aromatic N) is 3. The van der Waals surface area contributed by atoms with Crippen molar-refractivity contribution < 1.29 is 4.74 Å². The van der Waals surface area contributed by atoms with E-state index in [1.54, 1.807) is 6.20 Å². The highest BCUT2D eigenvalue weighted by Gasteiger charge is 2.31. The van der Waals surface area contributed by atoms with Crippen LogP contribution in [0.2, 0.25) is 0 Å². The van der Waals surface area contributed by atoms with Gasteiger partial charge >= 0.3 is 0 Å². The van der Waals surface area contributed by atoms with Crippen LogP contribution in [0.4, 0.5) is 0 Å². The third-order valence-corrected chi connectivity index (χ3v) is 6.55. The van der Waals surface area contributed by atoms with E-state index in [2.05, 4.69) is 58.2 Å². The Morgan fingerprint density at radius 1 is 1.37 bits per heavy atom. The van der Waals surface area contributed by atoms with E-state index < -0.39 is 0 Å². The molecule has 1 aromatic carbocycles. The molecule has 0 radical (unpaired) electrons. The highest BCUT2D eigenvalue weighted by molar-refractivity contribution is 8.00. The largest absolute Gasteiger partial charge is 0.381 e. The van der Waals surface area contributed by atoms with Crippen LogP contribution in [-0.4, -0.2) is 53.5 Å². The molecule has 0 amide bonds. The van der Waals surface area contributed by atoms with Gasteiger partial charge in [-0.15, -0.1) is 0 Å². The molecule has 1 saturated heterocycles. The summed E-state index contributed by atoms with van der Waals surface area (Å²) in [4.78, 5) is 4.41. The molecule has 3 rings (SSSR count). The van der Waals surface area contributed by atoms with E-state index in [4.69, 9.17) is 4.74 Å². The quantitative estimate of drug-likeness (QED) is 0.589. The maximum Gasteiger partial charge on any atom is 0.191 e. The molecule has 1 unspecified atom stereocenters. The maximum atomic E-state index is 5.53. The number of aromatic nitrogens is 2. The molecule has 7 heteroatoms. The zero-order chi connectivity index (χ0) is 19.1. The number of hydrogen-bond acceptors (Lipinski definition) is 4. The van der Waals surface area contributed by atoms with Gasteiger partial charge in [0.15, 0.2) is 5.96 Å². The molecule has 2 N–H and O–H groups in total. The van der Waals surface area contributed by atoms with Crippen LogP contribution in [-0.2, 0) is 4.74 Å². The van der Waals surface area contributed by atoms with Gasteiger partial charge in [0.2, 0.25) is 0 Å². The van der Waals surface area contributed by atoms with Crippen molar-refractivity contribution in [3.63, 3.8) is 0 Å².